The average Bonchev–Trinajstić information content (AvgIpc) is 2.14. The van der Waals surface area contributed by atoms with Crippen LogP contribution in [-0.4, -0.2) is 62.5 Å². The Hall–Kier alpha value is -0.570. The van der Waals surface area contributed by atoms with Gasteiger partial charge in [-0.25, -0.2) is 0 Å². The van der Waals surface area contributed by atoms with E-state index in [0.29, 0.717) is 0 Å². The van der Waals surface area contributed by atoms with Crippen LogP contribution in [0.3, 0.4) is 0 Å². The number of carbonyl (C=O) groups is 1. The van der Waals surface area contributed by atoms with Gasteiger partial charge < -0.3 is 25.5 Å². The first-order valence-electron chi connectivity index (χ1n) is 3.48. The Kier molecular flexibility index (Phi) is 4.40. The summed E-state index contributed by atoms with van der Waals surface area (Å²) in [5.74, 6) is -1.09. The molecule has 0 radical (unpaired) electrons. The third kappa shape index (κ3) is 2.99. The number of carbonyl (C=O) groups excluding carboxylic acids is 1. The molecule has 0 aromatic heterocycles. The number of ketones is 1. The molecule has 0 aliphatic rings. The van der Waals surface area contributed by atoms with Gasteiger partial charge in [0.05, 0.1) is 6.61 Å². The first-order chi connectivity index (χ1) is 5.86. The van der Waals surface area contributed by atoms with Crippen molar-refractivity contribution < 1.29 is 30.3 Å². The minimum absolute atomic E-state index is 0.986. The summed E-state index contributed by atoms with van der Waals surface area (Å²) < 4.78 is 0. The predicted molar refractivity (Wildman–Crippen MR) is 40.3 cm³/mol. The lowest BCUT2D eigenvalue weighted by molar-refractivity contribution is -0.161. The maximum atomic E-state index is 10.6. The fourth-order valence-electron chi connectivity index (χ4n) is 0.637. The maximum absolute atomic E-state index is 10.6. The van der Waals surface area contributed by atoms with Crippen LogP contribution in [0.15, 0.2) is 0 Å². The van der Waals surface area contributed by atoms with Crippen molar-refractivity contribution in [1.29, 1.82) is 0 Å². The summed E-state index contributed by atoms with van der Waals surface area (Å²) >= 11 is 0. The summed E-state index contributed by atoms with van der Waals surface area (Å²) in [5.41, 5.74) is 2.45. The van der Waals surface area contributed by atoms with Crippen molar-refractivity contribution in [3.63, 3.8) is 0 Å². The van der Waals surface area contributed by atoms with Crippen molar-refractivity contribution in [3.05, 3.63) is 0 Å². The largest absolute Gasteiger partial charge is 0.392 e. The van der Waals surface area contributed by atoms with E-state index in [2.05, 4.69) is 0 Å². The van der Waals surface area contributed by atoms with Gasteiger partial charge in [0.2, 0.25) is 0 Å². The van der Waals surface area contributed by atoms with E-state index in [1.54, 1.807) is 0 Å². The lowest BCUT2D eigenvalue weighted by atomic mass is 10.0. The zero-order chi connectivity index (χ0) is 10.6. The van der Waals surface area contributed by atoms with E-state index in [9.17, 15) is 4.79 Å². The molecule has 0 aromatic rings. The Morgan fingerprint density at radius 3 is 2.15 bits per heavy atom. The topological polar surface area (TPSA) is 144 Å². The van der Waals surface area contributed by atoms with Crippen LogP contribution in [0.5, 0.6) is 0 Å². The average molecular weight is 195 g/mol. The summed E-state index contributed by atoms with van der Waals surface area (Å²) in [5, 5.41) is 43.7. The van der Waals surface area contributed by atoms with Gasteiger partial charge >= 0.3 is 0 Å². The van der Waals surface area contributed by atoms with Gasteiger partial charge in [-0.3, -0.25) is 10.5 Å². The van der Waals surface area contributed by atoms with E-state index in [4.69, 9.17) is 31.3 Å². The number of Topliss-reactive ketones (excluding diaryl/α,β-unsaturated/α-hetero) is 1. The van der Waals surface area contributed by atoms with Crippen molar-refractivity contribution in [2.45, 2.75) is 17.9 Å². The predicted octanol–water partition coefficient (Wildman–Crippen LogP) is -4.09. The van der Waals surface area contributed by atoms with Gasteiger partial charge in [-0.1, -0.05) is 0 Å². The molecule has 0 spiro atoms. The summed E-state index contributed by atoms with van der Waals surface area (Å²) in [7, 11) is 0. The third-order valence-corrected chi connectivity index (χ3v) is 1.55. The third-order valence-electron chi connectivity index (χ3n) is 1.55. The first-order valence-corrected chi connectivity index (χ1v) is 3.48. The smallest absolute Gasteiger partial charge is 0.189 e. The number of nitrogens with two attached hydrogens (primary N) is 1. The molecule has 0 bridgehead atoms. The Labute approximate surface area is 74.0 Å². The normalized spacial score (nSPS) is 20.5. The van der Waals surface area contributed by atoms with Crippen LogP contribution in [0.25, 0.3) is 0 Å². The summed E-state index contributed by atoms with van der Waals surface area (Å²) in [6.45, 7) is -2.01. The molecule has 0 aromatic carbocycles. The van der Waals surface area contributed by atoms with Crippen LogP contribution in [0, 0.1) is 0 Å². The van der Waals surface area contributed by atoms with Crippen LogP contribution in [0.2, 0.25) is 0 Å². The fraction of sp³-hybridized carbons (Fsp3) is 0.833. The second-order valence-corrected chi connectivity index (χ2v) is 2.66. The molecule has 3 atom stereocenters. The molecule has 2 unspecified atom stereocenters. The second-order valence-electron chi connectivity index (χ2n) is 2.66. The molecule has 0 heterocycles. The van der Waals surface area contributed by atoms with Crippen molar-refractivity contribution in [3.8, 4) is 0 Å². The minimum Gasteiger partial charge on any atom is -0.392 e. The zero-order valence-corrected chi connectivity index (χ0v) is 6.79. The van der Waals surface area contributed by atoms with E-state index in [-0.39, 0.29) is 0 Å². The Bertz CT molecular complexity index is 182. The molecule has 7 nitrogen and oxygen atoms in total. The van der Waals surface area contributed by atoms with Crippen molar-refractivity contribution in [2.24, 2.45) is 5.73 Å². The Balaban J connectivity index is 4.41. The van der Waals surface area contributed by atoms with E-state index in [1.807, 2.05) is 0 Å². The molecule has 7 N–H and O–H groups in total. The summed E-state index contributed by atoms with van der Waals surface area (Å²) in [6, 6.07) is 0. The molecule has 0 rings (SSSR count). The molecular weight excluding hydrogens is 182 g/mol. The van der Waals surface area contributed by atoms with Crippen LogP contribution in [0.1, 0.15) is 0 Å². The standard InChI is InChI=1S/C6H13NO6/c7-6(13,2-9)5(12)4(11)3(10)1-8/h4-5,8-9,11-13H,1-2,7H2/t4?,5?,6-/m1/s1. The van der Waals surface area contributed by atoms with Crippen LogP contribution < -0.4 is 5.73 Å². The molecule has 0 amide bonds. The highest BCUT2D eigenvalue weighted by atomic mass is 16.4. The van der Waals surface area contributed by atoms with Crippen molar-refractivity contribution >= 4 is 5.78 Å². The molecule has 0 saturated heterocycles. The summed E-state index contributed by atoms with van der Waals surface area (Å²) in [6.07, 6.45) is -4.07. The molecule has 7 heteroatoms. The van der Waals surface area contributed by atoms with Gasteiger partial charge in [0.15, 0.2) is 11.5 Å². The van der Waals surface area contributed by atoms with Gasteiger partial charge in [0.25, 0.3) is 0 Å². The maximum Gasteiger partial charge on any atom is 0.189 e. The van der Waals surface area contributed by atoms with E-state index >= 15 is 0 Å². The first kappa shape index (κ1) is 12.4. The number of rotatable bonds is 5. The number of hydrogen-bond donors (Lipinski definition) is 6. The van der Waals surface area contributed by atoms with Gasteiger partial charge in [-0.15, -0.1) is 0 Å². The van der Waals surface area contributed by atoms with Crippen LogP contribution >= 0.6 is 0 Å². The van der Waals surface area contributed by atoms with Crippen LogP contribution in [-0.2, 0) is 4.79 Å². The van der Waals surface area contributed by atoms with Gasteiger partial charge in [0, 0.05) is 0 Å². The van der Waals surface area contributed by atoms with E-state index < -0.39 is 36.9 Å². The van der Waals surface area contributed by atoms with Crippen molar-refractivity contribution in [1.82, 2.24) is 0 Å². The molecule has 0 aliphatic heterocycles. The van der Waals surface area contributed by atoms with Gasteiger partial charge in [-0.2, -0.15) is 0 Å². The van der Waals surface area contributed by atoms with E-state index in [1.165, 1.54) is 0 Å². The molecule has 0 aliphatic carbocycles. The molecule has 78 valence electrons. The van der Waals surface area contributed by atoms with Gasteiger partial charge in [-0.05, 0) is 0 Å². The minimum atomic E-state index is -2.47. The zero-order valence-electron chi connectivity index (χ0n) is 6.79. The highest BCUT2D eigenvalue weighted by Crippen LogP contribution is 2.07. The highest BCUT2D eigenvalue weighted by molar-refractivity contribution is 5.84. The SMILES string of the molecule is N[C@@](O)(CO)C(O)C(O)C(=O)CO. The Morgan fingerprint density at radius 2 is 1.85 bits per heavy atom. The molecular formula is C6H13NO6. The lowest BCUT2D eigenvalue weighted by Gasteiger charge is -2.28. The van der Waals surface area contributed by atoms with E-state index in [0.717, 1.165) is 0 Å². The number of aliphatic hydroxyl groups is 5. The quantitative estimate of drug-likeness (QED) is 0.245. The monoisotopic (exact) mass is 195 g/mol. The molecule has 13 heavy (non-hydrogen) atoms. The number of aliphatic hydroxyl groups excluding tert-OH is 4. The van der Waals surface area contributed by atoms with Crippen LogP contribution in [0.4, 0.5) is 0 Å². The Morgan fingerprint density at radius 1 is 1.38 bits per heavy atom. The lowest BCUT2D eigenvalue weighted by Crippen LogP contribution is -2.60. The van der Waals surface area contributed by atoms with Gasteiger partial charge in [0.1, 0.15) is 18.8 Å². The summed E-state index contributed by atoms with van der Waals surface area (Å²) in [4.78, 5) is 10.6. The highest BCUT2D eigenvalue weighted by Gasteiger charge is 2.38. The second kappa shape index (κ2) is 4.61. The number of hydrogen-bond acceptors (Lipinski definition) is 7. The fourth-order valence-corrected chi connectivity index (χ4v) is 0.637. The molecule has 0 fully saturated rings. The molecule has 0 saturated carbocycles. The van der Waals surface area contributed by atoms with Crippen molar-refractivity contribution in [2.75, 3.05) is 13.2 Å².